The minimum Gasteiger partial charge on any atom is -0.466 e. The van der Waals surface area contributed by atoms with Crippen LogP contribution in [0.2, 0.25) is 0 Å². The summed E-state index contributed by atoms with van der Waals surface area (Å²) >= 11 is 0. The summed E-state index contributed by atoms with van der Waals surface area (Å²) in [6.07, 6.45) is 4.63. The number of nitrogens with zero attached hydrogens (tertiary/aromatic N) is 1. The molecular formula is C12H21NO2. The molecule has 1 saturated heterocycles. The van der Waals surface area contributed by atoms with Crippen LogP contribution in [0.1, 0.15) is 27.2 Å². The van der Waals surface area contributed by atoms with Gasteiger partial charge in [-0.1, -0.05) is 13.8 Å². The Morgan fingerprint density at radius 1 is 1.40 bits per heavy atom. The van der Waals surface area contributed by atoms with Gasteiger partial charge in [0.2, 0.25) is 0 Å². The lowest BCUT2D eigenvalue weighted by Gasteiger charge is -2.40. The van der Waals surface area contributed by atoms with Crippen LogP contribution in [-0.4, -0.2) is 30.6 Å². The van der Waals surface area contributed by atoms with E-state index in [9.17, 15) is 4.79 Å². The SMILES string of the molecule is COC(=O)/C=C/N1CC(C)CC(C)C1C. The van der Waals surface area contributed by atoms with Crippen molar-refractivity contribution in [3.05, 3.63) is 12.3 Å². The Morgan fingerprint density at radius 3 is 2.67 bits per heavy atom. The van der Waals surface area contributed by atoms with Crippen molar-refractivity contribution < 1.29 is 9.53 Å². The molecule has 1 aliphatic rings. The molecule has 0 saturated carbocycles. The highest BCUT2D eigenvalue weighted by Gasteiger charge is 2.26. The summed E-state index contributed by atoms with van der Waals surface area (Å²) in [6.45, 7) is 7.75. The predicted octanol–water partition coefficient (Wildman–Crippen LogP) is 2.04. The zero-order valence-electron chi connectivity index (χ0n) is 10.1. The van der Waals surface area contributed by atoms with Crippen molar-refractivity contribution in [2.75, 3.05) is 13.7 Å². The third-order valence-electron chi connectivity index (χ3n) is 3.25. The van der Waals surface area contributed by atoms with Gasteiger partial charge in [-0.15, -0.1) is 0 Å². The first-order valence-electron chi connectivity index (χ1n) is 5.56. The molecule has 0 aliphatic carbocycles. The van der Waals surface area contributed by atoms with E-state index in [-0.39, 0.29) is 5.97 Å². The molecule has 0 spiro atoms. The van der Waals surface area contributed by atoms with Crippen LogP contribution in [-0.2, 0) is 9.53 Å². The van der Waals surface area contributed by atoms with E-state index in [0.717, 1.165) is 6.54 Å². The Kier molecular flexibility index (Phi) is 4.18. The molecule has 1 rings (SSSR count). The lowest BCUT2D eigenvalue weighted by molar-refractivity contribution is -0.134. The maximum absolute atomic E-state index is 11.0. The van der Waals surface area contributed by atoms with Crippen LogP contribution in [0.3, 0.4) is 0 Å². The quantitative estimate of drug-likeness (QED) is 0.517. The first kappa shape index (κ1) is 12.1. The van der Waals surface area contributed by atoms with Crippen molar-refractivity contribution in [1.82, 2.24) is 4.90 Å². The Bertz CT molecular complexity index is 250. The minimum atomic E-state index is -0.284. The minimum absolute atomic E-state index is 0.284. The fourth-order valence-corrected chi connectivity index (χ4v) is 2.18. The Labute approximate surface area is 92.1 Å². The maximum Gasteiger partial charge on any atom is 0.331 e. The number of hydrogen-bond donors (Lipinski definition) is 0. The summed E-state index contributed by atoms with van der Waals surface area (Å²) in [5.74, 6) is 1.09. The fourth-order valence-electron chi connectivity index (χ4n) is 2.18. The highest BCUT2D eigenvalue weighted by atomic mass is 16.5. The van der Waals surface area contributed by atoms with Gasteiger partial charge < -0.3 is 9.64 Å². The van der Waals surface area contributed by atoms with Gasteiger partial charge in [0.05, 0.1) is 7.11 Å². The third kappa shape index (κ3) is 3.26. The average Bonchev–Trinajstić information content (AvgIpc) is 2.20. The first-order chi connectivity index (χ1) is 7.04. The highest BCUT2D eigenvalue weighted by molar-refractivity contribution is 5.81. The number of piperidine rings is 1. The van der Waals surface area contributed by atoms with Crippen LogP contribution in [0.25, 0.3) is 0 Å². The van der Waals surface area contributed by atoms with Gasteiger partial charge >= 0.3 is 5.97 Å². The van der Waals surface area contributed by atoms with E-state index in [0.29, 0.717) is 17.9 Å². The summed E-state index contributed by atoms with van der Waals surface area (Å²) < 4.78 is 4.58. The third-order valence-corrected chi connectivity index (χ3v) is 3.25. The molecule has 1 fully saturated rings. The zero-order chi connectivity index (χ0) is 11.4. The molecule has 1 aliphatic heterocycles. The Balaban J connectivity index is 2.59. The van der Waals surface area contributed by atoms with E-state index in [1.807, 2.05) is 6.20 Å². The van der Waals surface area contributed by atoms with Gasteiger partial charge in [-0.3, -0.25) is 0 Å². The molecule has 3 unspecified atom stereocenters. The normalized spacial score (nSPS) is 32.0. The van der Waals surface area contributed by atoms with Gasteiger partial charge in [0.15, 0.2) is 0 Å². The number of carbonyl (C=O) groups is 1. The van der Waals surface area contributed by atoms with Crippen LogP contribution in [0.4, 0.5) is 0 Å². The smallest absolute Gasteiger partial charge is 0.331 e. The summed E-state index contributed by atoms with van der Waals surface area (Å²) in [4.78, 5) is 13.2. The molecule has 0 amide bonds. The summed E-state index contributed by atoms with van der Waals surface area (Å²) in [6, 6.07) is 0.502. The molecule has 0 aromatic heterocycles. The molecule has 0 N–H and O–H groups in total. The topological polar surface area (TPSA) is 29.5 Å². The van der Waals surface area contributed by atoms with Crippen LogP contribution in [0, 0.1) is 11.8 Å². The molecule has 86 valence electrons. The summed E-state index contributed by atoms with van der Waals surface area (Å²) in [5, 5.41) is 0. The van der Waals surface area contributed by atoms with Crippen molar-refractivity contribution in [2.45, 2.75) is 33.2 Å². The van der Waals surface area contributed by atoms with Crippen molar-refractivity contribution in [1.29, 1.82) is 0 Å². The number of hydrogen-bond acceptors (Lipinski definition) is 3. The molecule has 0 aromatic carbocycles. The van der Waals surface area contributed by atoms with Gasteiger partial charge in [-0.2, -0.15) is 0 Å². The second-order valence-corrected chi connectivity index (χ2v) is 4.59. The number of methoxy groups -OCH3 is 1. The van der Waals surface area contributed by atoms with Gasteiger partial charge in [0.25, 0.3) is 0 Å². The number of carbonyl (C=O) groups excluding carboxylic acids is 1. The van der Waals surface area contributed by atoms with E-state index < -0.39 is 0 Å². The van der Waals surface area contributed by atoms with Crippen molar-refractivity contribution in [3.8, 4) is 0 Å². The fraction of sp³-hybridized carbons (Fsp3) is 0.750. The second kappa shape index (κ2) is 5.19. The molecule has 3 atom stereocenters. The molecule has 3 heteroatoms. The summed E-state index contributed by atoms with van der Waals surface area (Å²) in [5.41, 5.74) is 0. The van der Waals surface area contributed by atoms with Crippen LogP contribution in [0.5, 0.6) is 0 Å². The molecule has 15 heavy (non-hydrogen) atoms. The van der Waals surface area contributed by atoms with E-state index in [1.165, 1.54) is 19.6 Å². The molecule has 0 aromatic rings. The average molecular weight is 211 g/mol. The van der Waals surface area contributed by atoms with Crippen molar-refractivity contribution >= 4 is 5.97 Å². The van der Waals surface area contributed by atoms with Crippen LogP contribution in [0.15, 0.2) is 12.3 Å². The Morgan fingerprint density at radius 2 is 2.07 bits per heavy atom. The van der Waals surface area contributed by atoms with Gasteiger partial charge in [-0.25, -0.2) is 4.79 Å². The molecular weight excluding hydrogens is 190 g/mol. The van der Waals surface area contributed by atoms with Crippen molar-refractivity contribution in [3.63, 3.8) is 0 Å². The standard InChI is InChI=1S/C12H21NO2/c1-9-7-10(2)11(3)13(8-9)6-5-12(14)15-4/h5-6,9-11H,7-8H2,1-4H3/b6-5+. The molecule has 0 bridgehead atoms. The predicted molar refractivity (Wildman–Crippen MR) is 60.3 cm³/mol. The van der Waals surface area contributed by atoms with Crippen LogP contribution < -0.4 is 0 Å². The molecule has 0 radical (unpaired) electrons. The van der Waals surface area contributed by atoms with Crippen molar-refractivity contribution in [2.24, 2.45) is 11.8 Å². The highest BCUT2D eigenvalue weighted by Crippen LogP contribution is 2.26. The molecule has 3 nitrogen and oxygen atoms in total. The molecule has 1 heterocycles. The van der Waals surface area contributed by atoms with E-state index in [4.69, 9.17) is 0 Å². The zero-order valence-corrected chi connectivity index (χ0v) is 10.1. The van der Waals surface area contributed by atoms with E-state index in [2.05, 4.69) is 30.4 Å². The summed E-state index contributed by atoms with van der Waals surface area (Å²) in [7, 11) is 1.40. The largest absolute Gasteiger partial charge is 0.466 e. The van der Waals surface area contributed by atoms with Gasteiger partial charge in [-0.05, 0) is 25.2 Å². The second-order valence-electron chi connectivity index (χ2n) is 4.59. The Hall–Kier alpha value is -0.990. The monoisotopic (exact) mass is 211 g/mol. The maximum atomic E-state index is 11.0. The lowest BCUT2D eigenvalue weighted by atomic mass is 9.86. The van der Waals surface area contributed by atoms with Gasteiger partial charge in [0.1, 0.15) is 0 Å². The number of esters is 1. The van der Waals surface area contributed by atoms with E-state index >= 15 is 0 Å². The van der Waals surface area contributed by atoms with E-state index in [1.54, 1.807) is 0 Å². The van der Waals surface area contributed by atoms with Gasteiger partial charge in [0, 0.05) is 24.9 Å². The number of ether oxygens (including phenoxy) is 1. The number of likely N-dealkylation sites (tertiary alicyclic amines) is 1. The lowest BCUT2D eigenvalue weighted by Crippen LogP contribution is -2.42. The first-order valence-corrected chi connectivity index (χ1v) is 5.56. The van der Waals surface area contributed by atoms with Crippen LogP contribution >= 0.6 is 0 Å². The number of rotatable bonds is 2.